The summed E-state index contributed by atoms with van der Waals surface area (Å²) < 4.78 is 50.3. The summed E-state index contributed by atoms with van der Waals surface area (Å²) in [5.41, 5.74) is 1.06. The molecule has 2 rings (SSSR count). The van der Waals surface area contributed by atoms with Crippen molar-refractivity contribution in [1.29, 1.82) is 0 Å². The van der Waals surface area contributed by atoms with Gasteiger partial charge in [-0.05, 0) is 48.4 Å². The number of benzene rings is 2. The Kier molecular flexibility index (Phi) is 7.43. The molecule has 0 aliphatic heterocycles. The van der Waals surface area contributed by atoms with Crippen LogP contribution in [0.1, 0.15) is 46.0 Å². The fourth-order valence-corrected chi connectivity index (χ4v) is 2.15. The van der Waals surface area contributed by atoms with Gasteiger partial charge in [0.25, 0.3) is 0 Å². The van der Waals surface area contributed by atoms with E-state index in [0.717, 1.165) is 25.0 Å². The summed E-state index contributed by atoms with van der Waals surface area (Å²) in [7, 11) is 0. The third kappa shape index (κ3) is 6.94. The van der Waals surface area contributed by atoms with Crippen LogP contribution in [0.15, 0.2) is 48.5 Å². The summed E-state index contributed by atoms with van der Waals surface area (Å²) in [5, 5.41) is 0. The predicted molar refractivity (Wildman–Crippen MR) is 93.9 cm³/mol. The first kappa shape index (κ1) is 21.3. The summed E-state index contributed by atoms with van der Waals surface area (Å²) in [6, 6.07) is 10.8. The highest BCUT2D eigenvalue weighted by Gasteiger charge is 2.30. The largest absolute Gasteiger partial charge is 0.573 e. The molecule has 0 bridgehead atoms. The Morgan fingerprint density at radius 3 is 1.89 bits per heavy atom. The molecule has 0 aliphatic rings. The Hall–Kier alpha value is -3.03. The summed E-state index contributed by atoms with van der Waals surface area (Å²) in [5.74, 6) is -1.44. The third-order valence-corrected chi connectivity index (χ3v) is 3.61. The molecule has 8 heteroatoms. The molecular weight excluding hydrogens is 377 g/mol. The Labute approximate surface area is 160 Å². The van der Waals surface area contributed by atoms with Crippen molar-refractivity contribution >= 4 is 11.9 Å². The zero-order valence-electron chi connectivity index (χ0n) is 15.1. The molecule has 2 aromatic carbocycles. The maximum atomic E-state index is 12.1. The predicted octanol–water partition coefficient (Wildman–Crippen LogP) is 4.90. The van der Waals surface area contributed by atoms with E-state index in [0.29, 0.717) is 17.7 Å². The van der Waals surface area contributed by atoms with Gasteiger partial charge in [-0.25, -0.2) is 9.59 Å². The summed E-state index contributed by atoms with van der Waals surface area (Å²) in [4.78, 5) is 23.9. The van der Waals surface area contributed by atoms with E-state index in [1.807, 2.05) is 6.92 Å². The van der Waals surface area contributed by atoms with Gasteiger partial charge in [-0.2, -0.15) is 0 Å². The second-order valence-corrected chi connectivity index (χ2v) is 5.83. The molecule has 0 N–H and O–H groups in total. The molecule has 0 aliphatic carbocycles. The van der Waals surface area contributed by atoms with Crippen molar-refractivity contribution in [2.75, 3.05) is 6.61 Å². The van der Waals surface area contributed by atoms with Crippen molar-refractivity contribution in [3.63, 3.8) is 0 Å². The first-order valence-electron chi connectivity index (χ1n) is 8.57. The van der Waals surface area contributed by atoms with Crippen molar-refractivity contribution in [2.45, 2.75) is 32.7 Å². The topological polar surface area (TPSA) is 61.8 Å². The van der Waals surface area contributed by atoms with Crippen LogP contribution in [0.5, 0.6) is 5.75 Å². The first-order chi connectivity index (χ1) is 13.3. The van der Waals surface area contributed by atoms with Gasteiger partial charge in [0.05, 0.1) is 17.7 Å². The second-order valence-electron chi connectivity index (χ2n) is 5.83. The number of rotatable bonds is 8. The Morgan fingerprint density at radius 1 is 0.857 bits per heavy atom. The smallest absolute Gasteiger partial charge is 0.462 e. The maximum absolute atomic E-state index is 12.1. The fourth-order valence-electron chi connectivity index (χ4n) is 2.15. The molecule has 0 atom stereocenters. The molecule has 0 spiro atoms. The number of unbranched alkanes of at least 4 members (excludes halogenated alkanes) is 1. The van der Waals surface area contributed by atoms with Crippen molar-refractivity contribution in [2.24, 2.45) is 0 Å². The summed E-state index contributed by atoms with van der Waals surface area (Å²) in [6.45, 7) is 2.21. The van der Waals surface area contributed by atoms with Crippen LogP contribution >= 0.6 is 0 Å². The second kappa shape index (κ2) is 9.77. The zero-order valence-corrected chi connectivity index (χ0v) is 15.1. The monoisotopic (exact) mass is 396 g/mol. The highest BCUT2D eigenvalue weighted by molar-refractivity contribution is 5.93. The Balaban J connectivity index is 1.86. The molecule has 28 heavy (non-hydrogen) atoms. The fraction of sp³-hybridized carbons (Fsp3) is 0.300. The van der Waals surface area contributed by atoms with Crippen molar-refractivity contribution in [3.8, 4) is 5.75 Å². The lowest BCUT2D eigenvalue weighted by Gasteiger charge is -2.10. The van der Waals surface area contributed by atoms with E-state index in [-0.39, 0.29) is 17.9 Å². The van der Waals surface area contributed by atoms with Crippen LogP contribution in [-0.4, -0.2) is 24.9 Å². The third-order valence-electron chi connectivity index (χ3n) is 3.61. The van der Waals surface area contributed by atoms with Crippen molar-refractivity contribution in [3.05, 3.63) is 65.2 Å². The number of esters is 2. The van der Waals surface area contributed by atoms with Gasteiger partial charge >= 0.3 is 18.3 Å². The van der Waals surface area contributed by atoms with E-state index in [1.165, 1.54) is 36.4 Å². The molecule has 0 unspecified atom stereocenters. The lowest BCUT2D eigenvalue weighted by atomic mass is 10.1. The van der Waals surface area contributed by atoms with E-state index >= 15 is 0 Å². The average molecular weight is 396 g/mol. The maximum Gasteiger partial charge on any atom is 0.573 e. The number of carbonyl (C=O) groups excluding carboxylic acids is 2. The number of alkyl halides is 3. The number of halogens is 3. The molecule has 0 saturated heterocycles. The van der Waals surface area contributed by atoms with Gasteiger partial charge in [0, 0.05) is 0 Å². The van der Waals surface area contributed by atoms with Crippen LogP contribution in [0.2, 0.25) is 0 Å². The summed E-state index contributed by atoms with van der Waals surface area (Å²) >= 11 is 0. The van der Waals surface area contributed by atoms with Gasteiger partial charge < -0.3 is 14.2 Å². The number of hydrogen-bond donors (Lipinski definition) is 0. The van der Waals surface area contributed by atoms with E-state index in [9.17, 15) is 22.8 Å². The average Bonchev–Trinajstić information content (AvgIpc) is 2.66. The number of ether oxygens (including phenoxy) is 3. The van der Waals surface area contributed by atoms with E-state index < -0.39 is 18.3 Å². The van der Waals surface area contributed by atoms with E-state index in [1.54, 1.807) is 0 Å². The minimum absolute atomic E-state index is 0.119. The SMILES string of the molecule is CCCCOC(=O)c1ccc(C(=O)OCc2ccc(OC(F)(F)F)cc2)cc1. The minimum Gasteiger partial charge on any atom is -0.462 e. The Morgan fingerprint density at radius 2 is 1.39 bits per heavy atom. The molecule has 0 saturated carbocycles. The van der Waals surface area contributed by atoms with Gasteiger partial charge in [-0.15, -0.1) is 13.2 Å². The quantitative estimate of drug-likeness (QED) is 0.469. The molecule has 5 nitrogen and oxygen atoms in total. The van der Waals surface area contributed by atoms with Crippen LogP contribution in [0, 0.1) is 0 Å². The number of hydrogen-bond acceptors (Lipinski definition) is 5. The molecule has 0 fully saturated rings. The van der Waals surface area contributed by atoms with Crippen molar-refractivity contribution < 1.29 is 37.0 Å². The van der Waals surface area contributed by atoms with Crippen LogP contribution in [0.4, 0.5) is 13.2 Å². The normalized spacial score (nSPS) is 11.0. The highest BCUT2D eigenvalue weighted by atomic mass is 19.4. The molecule has 150 valence electrons. The molecule has 0 aromatic heterocycles. The first-order valence-corrected chi connectivity index (χ1v) is 8.57. The van der Waals surface area contributed by atoms with Gasteiger partial charge in [0.1, 0.15) is 12.4 Å². The van der Waals surface area contributed by atoms with Crippen LogP contribution in [-0.2, 0) is 16.1 Å². The molecular formula is C20H19F3O5. The van der Waals surface area contributed by atoms with Crippen LogP contribution in [0.25, 0.3) is 0 Å². The van der Waals surface area contributed by atoms with E-state index in [2.05, 4.69) is 4.74 Å². The van der Waals surface area contributed by atoms with Gasteiger partial charge in [-0.3, -0.25) is 0 Å². The Bertz CT molecular complexity index is 783. The highest BCUT2D eigenvalue weighted by Crippen LogP contribution is 2.23. The lowest BCUT2D eigenvalue weighted by molar-refractivity contribution is -0.274. The van der Waals surface area contributed by atoms with E-state index in [4.69, 9.17) is 9.47 Å². The van der Waals surface area contributed by atoms with Crippen molar-refractivity contribution in [1.82, 2.24) is 0 Å². The molecule has 0 amide bonds. The van der Waals surface area contributed by atoms with Crippen LogP contribution < -0.4 is 4.74 Å². The lowest BCUT2D eigenvalue weighted by Crippen LogP contribution is -2.17. The molecule has 0 radical (unpaired) electrons. The number of carbonyl (C=O) groups is 2. The summed E-state index contributed by atoms with van der Waals surface area (Å²) in [6.07, 6.45) is -3.07. The van der Waals surface area contributed by atoms with Gasteiger partial charge in [0.15, 0.2) is 0 Å². The van der Waals surface area contributed by atoms with Gasteiger partial charge in [-0.1, -0.05) is 25.5 Å². The minimum atomic E-state index is -4.76. The standard InChI is InChI=1S/C20H19F3O5/c1-2-3-12-26-18(24)15-6-8-16(9-7-15)19(25)27-13-14-4-10-17(11-5-14)28-20(21,22)23/h4-11H,2-3,12-13H2,1H3. The molecule has 2 aromatic rings. The van der Waals surface area contributed by atoms with Crippen LogP contribution in [0.3, 0.4) is 0 Å². The van der Waals surface area contributed by atoms with Gasteiger partial charge in [0.2, 0.25) is 0 Å². The molecule has 0 heterocycles. The zero-order chi connectivity index (χ0) is 20.6.